The molecule has 2 aromatic rings. The van der Waals surface area contributed by atoms with Crippen LogP contribution in [0.1, 0.15) is 0 Å². The maximum Gasteiger partial charge on any atom is 0.310 e. The van der Waals surface area contributed by atoms with E-state index in [-0.39, 0.29) is 5.92 Å². The molecule has 0 aromatic carbocycles. The third-order valence-corrected chi connectivity index (χ3v) is 3.09. The Hall–Kier alpha value is -2.17. The van der Waals surface area contributed by atoms with Gasteiger partial charge >= 0.3 is 5.97 Å². The maximum atomic E-state index is 10.8. The van der Waals surface area contributed by atoms with Crippen LogP contribution >= 0.6 is 0 Å². The SMILES string of the molecule is O=C(O)C1CN(c2ccnc3cnccc23)C1. The zero-order valence-electron chi connectivity index (χ0n) is 9.08. The summed E-state index contributed by atoms with van der Waals surface area (Å²) in [6.45, 7) is 1.13. The Balaban J connectivity index is 1.94. The first-order valence-corrected chi connectivity index (χ1v) is 5.42. The summed E-state index contributed by atoms with van der Waals surface area (Å²) in [5, 5.41) is 9.88. The van der Waals surface area contributed by atoms with Crippen molar-refractivity contribution >= 4 is 22.6 Å². The van der Waals surface area contributed by atoms with Crippen LogP contribution in [0.15, 0.2) is 30.7 Å². The quantitative estimate of drug-likeness (QED) is 0.836. The number of rotatable bonds is 2. The van der Waals surface area contributed by atoms with Gasteiger partial charge in [-0.3, -0.25) is 14.8 Å². The lowest BCUT2D eigenvalue weighted by Crippen LogP contribution is -2.50. The summed E-state index contributed by atoms with van der Waals surface area (Å²) in [6, 6.07) is 3.83. The summed E-state index contributed by atoms with van der Waals surface area (Å²) < 4.78 is 0. The van der Waals surface area contributed by atoms with E-state index in [4.69, 9.17) is 5.11 Å². The molecule has 86 valence electrons. The largest absolute Gasteiger partial charge is 0.481 e. The van der Waals surface area contributed by atoms with Crippen molar-refractivity contribution in [3.8, 4) is 0 Å². The Kier molecular flexibility index (Phi) is 2.18. The van der Waals surface area contributed by atoms with Gasteiger partial charge in [-0.15, -0.1) is 0 Å². The van der Waals surface area contributed by atoms with E-state index in [9.17, 15) is 4.79 Å². The second kappa shape index (κ2) is 3.69. The molecule has 0 atom stereocenters. The number of fused-ring (bicyclic) bond motifs is 1. The Labute approximate surface area is 97.7 Å². The van der Waals surface area contributed by atoms with Crippen LogP contribution in [0.3, 0.4) is 0 Å². The van der Waals surface area contributed by atoms with E-state index in [0.29, 0.717) is 13.1 Å². The number of aliphatic carboxylic acids is 1. The van der Waals surface area contributed by atoms with Crippen molar-refractivity contribution < 1.29 is 9.90 Å². The van der Waals surface area contributed by atoms with Gasteiger partial charge in [0, 0.05) is 36.6 Å². The monoisotopic (exact) mass is 229 g/mol. The molecule has 1 fully saturated rings. The topological polar surface area (TPSA) is 66.3 Å². The molecule has 0 amide bonds. The fourth-order valence-corrected chi connectivity index (χ4v) is 2.09. The predicted octanol–water partition coefficient (Wildman–Crippen LogP) is 1.15. The number of carboxylic acid groups (broad SMARTS) is 1. The Morgan fingerprint density at radius 1 is 1.35 bits per heavy atom. The van der Waals surface area contributed by atoms with Crippen molar-refractivity contribution in [2.24, 2.45) is 5.92 Å². The highest BCUT2D eigenvalue weighted by atomic mass is 16.4. The van der Waals surface area contributed by atoms with Gasteiger partial charge in [0.15, 0.2) is 0 Å². The van der Waals surface area contributed by atoms with Crippen molar-refractivity contribution in [2.45, 2.75) is 0 Å². The molecule has 1 aliphatic rings. The summed E-state index contributed by atoms with van der Waals surface area (Å²) >= 11 is 0. The molecule has 1 aliphatic heterocycles. The van der Waals surface area contributed by atoms with Crippen LogP contribution < -0.4 is 4.90 Å². The third-order valence-electron chi connectivity index (χ3n) is 3.09. The van der Waals surface area contributed by atoms with Crippen molar-refractivity contribution in [3.63, 3.8) is 0 Å². The van der Waals surface area contributed by atoms with Gasteiger partial charge in [0.2, 0.25) is 0 Å². The summed E-state index contributed by atoms with van der Waals surface area (Å²) in [5.74, 6) is -0.971. The summed E-state index contributed by atoms with van der Waals surface area (Å²) in [4.78, 5) is 21.1. The molecular weight excluding hydrogens is 218 g/mol. The number of hydrogen-bond donors (Lipinski definition) is 1. The number of nitrogens with zero attached hydrogens (tertiary/aromatic N) is 3. The summed E-state index contributed by atoms with van der Waals surface area (Å²) in [7, 11) is 0. The average molecular weight is 229 g/mol. The van der Waals surface area contributed by atoms with Crippen LogP contribution in [0.4, 0.5) is 5.69 Å². The number of carboxylic acids is 1. The van der Waals surface area contributed by atoms with E-state index in [0.717, 1.165) is 16.6 Å². The minimum Gasteiger partial charge on any atom is -0.481 e. The highest BCUT2D eigenvalue weighted by molar-refractivity contribution is 5.92. The zero-order chi connectivity index (χ0) is 11.8. The minimum absolute atomic E-state index is 0.250. The molecule has 0 bridgehead atoms. The normalized spacial score (nSPS) is 15.9. The van der Waals surface area contributed by atoms with Crippen LogP contribution in [0, 0.1) is 5.92 Å². The smallest absolute Gasteiger partial charge is 0.310 e. The number of aromatic nitrogens is 2. The molecule has 0 unspecified atom stereocenters. The Bertz CT molecular complexity index is 573. The fourth-order valence-electron chi connectivity index (χ4n) is 2.09. The second-order valence-corrected chi connectivity index (χ2v) is 4.16. The summed E-state index contributed by atoms with van der Waals surface area (Å²) in [5.41, 5.74) is 1.87. The Morgan fingerprint density at radius 2 is 2.18 bits per heavy atom. The summed E-state index contributed by atoms with van der Waals surface area (Å²) in [6.07, 6.45) is 5.17. The molecule has 5 heteroatoms. The van der Waals surface area contributed by atoms with Crippen molar-refractivity contribution in [1.82, 2.24) is 9.97 Å². The van der Waals surface area contributed by atoms with Crippen LogP contribution in [-0.4, -0.2) is 34.1 Å². The van der Waals surface area contributed by atoms with Gasteiger partial charge in [-0.25, -0.2) is 0 Å². The van der Waals surface area contributed by atoms with Gasteiger partial charge < -0.3 is 10.0 Å². The molecule has 1 N–H and O–H groups in total. The highest BCUT2D eigenvalue weighted by Gasteiger charge is 2.33. The van der Waals surface area contributed by atoms with Gasteiger partial charge in [-0.1, -0.05) is 0 Å². The van der Waals surface area contributed by atoms with Crippen LogP contribution in [-0.2, 0) is 4.79 Å². The predicted molar refractivity (Wildman–Crippen MR) is 62.9 cm³/mol. The lowest BCUT2D eigenvalue weighted by Gasteiger charge is -2.39. The number of hydrogen-bond acceptors (Lipinski definition) is 4. The molecule has 5 nitrogen and oxygen atoms in total. The van der Waals surface area contributed by atoms with Crippen LogP contribution in [0.2, 0.25) is 0 Å². The van der Waals surface area contributed by atoms with E-state index >= 15 is 0 Å². The molecule has 3 heterocycles. The zero-order valence-corrected chi connectivity index (χ0v) is 9.08. The number of carbonyl (C=O) groups is 1. The molecule has 3 rings (SSSR count). The van der Waals surface area contributed by atoms with Gasteiger partial charge in [-0.05, 0) is 12.1 Å². The Morgan fingerprint density at radius 3 is 2.94 bits per heavy atom. The molecule has 2 aromatic heterocycles. The highest BCUT2D eigenvalue weighted by Crippen LogP contribution is 2.30. The van der Waals surface area contributed by atoms with E-state index in [1.807, 2.05) is 12.1 Å². The van der Waals surface area contributed by atoms with E-state index < -0.39 is 5.97 Å². The standard InChI is InChI=1S/C12H11N3O2/c16-12(17)8-6-15(7-8)11-2-4-14-10-5-13-3-1-9(10)11/h1-5,8H,6-7H2,(H,16,17). The molecule has 0 radical (unpaired) electrons. The maximum absolute atomic E-state index is 10.8. The number of anilines is 1. The van der Waals surface area contributed by atoms with Crippen LogP contribution in [0.5, 0.6) is 0 Å². The first-order chi connectivity index (χ1) is 8.25. The average Bonchev–Trinajstić information content (AvgIpc) is 2.27. The van der Waals surface area contributed by atoms with E-state index in [1.54, 1.807) is 18.6 Å². The second-order valence-electron chi connectivity index (χ2n) is 4.16. The van der Waals surface area contributed by atoms with Crippen molar-refractivity contribution in [2.75, 3.05) is 18.0 Å². The molecule has 0 spiro atoms. The number of pyridine rings is 2. The van der Waals surface area contributed by atoms with Crippen molar-refractivity contribution in [1.29, 1.82) is 0 Å². The first kappa shape index (κ1) is 10.0. The van der Waals surface area contributed by atoms with E-state index in [2.05, 4.69) is 14.9 Å². The van der Waals surface area contributed by atoms with Gasteiger partial charge in [0.05, 0.1) is 17.6 Å². The van der Waals surface area contributed by atoms with Crippen LogP contribution in [0.25, 0.3) is 10.9 Å². The van der Waals surface area contributed by atoms with E-state index in [1.165, 1.54) is 0 Å². The van der Waals surface area contributed by atoms with Gasteiger partial charge in [-0.2, -0.15) is 0 Å². The van der Waals surface area contributed by atoms with Crippen molar-refractivity contribution in [3.05, 3.63) is 30.7 Å². The lowest BCUT2D eigenvalue weighted by atomic mass is 9.99. The molecule has 0 saturated carbocycles. The third kappa shape index (κ3) is 1.60. The van der Waals surface area contributed by atoms with Gasteiger partial charge in [0.1, 0.15) is 0 Å². The molecule has 17 heavy (non-hydrogen) atoms. The first-order valence-electron chi connectivity index (χ1n) is 5.42. The molecule has 1 saturated heterocycles. The minimum atomic E-state index is -0.721. The fraction of sp³-hybridized carbons (Fsp3) is 0.250. The molecular formula is C12H11N3O2. The molecule has 0 aliphatic carbocycles. The van der Waals surface area contributed by atoms with Gasteiger partial charge in [0.25, 0.3) is 0 Å². The lowest BCUT2D eigenvalue weighted by molar-refractivity contribution is -0.142.